The maximum absolute atomic E-state index is 12.5. The predicted molar refractivity (Wildman–Crippen MR) is 88.0 cm³/mol. The van der Waals surface area contributed by atoms with Gasteiger partial charge in [-0.15, -0.1) is 12.4 Å². The van der Waals surface area contributed by atoms with Crippen LogP contribution in [0.5, 0.6) is 0 Å². The Labute approximate surface area is 139 Å². The molecule has 8 heteroatoms. The molecule has 6 nitrogen and oxygen atoms in total. The first-order chi connectivity index (χ1) is 9.94. The van der Waals surface area contributed by atoms with Gasteiger partial charge in [-0.3, -0.25) is 4.79 Å². The fourth-order valence-corrected chi connectivity index (χ4v) is 3.84. The second-order valence-corrected chi connectivity index (χ2v) is 8.49. The zero-order valence-electron chi connectivity index (χ0n) is 13.1. The third kappa shape index (κ3) is 5.08. The van der Waals surface area contributed by atoms with Gasteiger partial charge in [0.2, 0.25) is 5.91 Å². The van der Waals surface area contributed by atoms with Crippen molar-refractivity contribution in [3.63, 3.8) is 0 Å². The monoisotopic (exact) mass is 354 g/mol. The summed E-state index contributed by atoms with van der Waals surface area (Å²) in [5, 5.41) is 6.31. The Balaban J connectivity index is 0.00000242. The van der Waals surface area contributed by atoms with Crippen LogP contribution < -0.4 is 10.6 Å². The number of amides is 1. The lowest BCUT2D eigenvalue weighted by Crippen LogP contribution is -2.48. The van der Waals surface area contributed by atoms with Crippen LogP contribution in [0.2, 0.25) is 0 Å². The summed E-state index contributed by atoms with van der Waals surface area (Å²) in [4.78, 5) is 12.5. The Morgan fingerprint density at radius 2 is 2.14 bits per heavy atom. The molecule has 0 aromatic rings. The molecule has 0 aromatic carbocycles. The average molecular weight is 355 g/mol. The normalized spacial score (nSPS) is 27.8. The first kappa shape index (κ1) is 19.7. The molecule has 1 amide bonds. The Morgan fingerprint density at radius 1 is 1.36 bits per heavy atom. The van der Waals surface area contributed by atoms with Crippen LogP contribution in [0.3, 0.4) is 0 Å². The van der Waals surface area contributed by atoms with E-state index in [2.05, 4.69) is 10.6 Å². The highest BCUT2D eigenvalue weighted by atomic mass is 35.5. The van der Waals surface area contributed by atoms with Crippen LogP contribution in [0, 0.1) is 11.3 Å². The number of hydrogen-bond acceptors (Lipinski definition) is 5. The molecule has 1 saturated carbocycles. The van der Waals surface area contributed by atoms with Gasteiger partial charge < -0.3 is 15.4 Å². The first-order valence-electron chi connectivity index (χ1n) is 7.68. The summed E-state index contributed by atoms with van der Waals surface area (Å²) in [5.41, 5.74) is -0.231. The highest BCUT2D eigenvalue weighted by molar-refractivity contribution is 7.90. The Bertz CT molecular complexity index is 471. The maximum Gasteiger partial charge on any atom is 0.227 e. The number of ether oxygens (including phenoxy) is 1. The van der Waals surface area contributed by atoms with Gasteiger partial charge in [0, 0.05) is 19.3 Å². The minimum absolute atomic E-state index is 0. The van der Waals surface area contributed by atoms with Gasteiger partial charge in [-0.25, -0.2) is 8.42 Å². The van der Waals surface area contributed by atoms with E-state index in [1.807, 2.05) is 0 Å². The second kappa shape index (κ2) is 8.47. The topological polar surface area (TPSA) is 84.5 Å². The first-order valence-corrected chi connectivity index (χ1v) is 9.75. The molecular formula is C14H27ClN2O4S. The lowest BCUT2D eigenvalue weighted by molar-refractivity contribution is -0.134. The maximum atomic E-state index is 12.5. The Morgan fingerprint density at radius 3 is 2.86 bits per heavy atom. The highest BCUT2D eigenvalue weighted by Crippen LogP contribution is 2.43. The van der Waals surface area contributed by atoms with Crippen LogP contribution in [-0.2, 0) is 19.4 Å². The van der Waals surface area contributed by atoms with Crippen molar-refractivity contribution < 1.29 is 17.9 Å². The molecule has 2 aliphatic rings. The van der Waals surface area contributed by atoms with Gasteiger partial charge in [-0.2, -0.15) is 0 Å². The summed E-state index contributed by atoms with van der Waals surface area (Å²) in [7, 11) is -2.98. The fourth-order valence-electron chi connectivity index (χ4n) is 3.42. The smallest absolute Gasteiger partial charge is 0.227 e. The average Bonchev–Trinajstić information content (AvgIpc) is 2.86. The van der Waals surface area contributed by atoms with Crippen molar-refractivity contribution in [1.29, 1.82) is 0 Å². The number of hydrogen-bond donors (Lipinski definition) is 2. The zero-order chi connectivity index (χ0) is 15.3. The van der Waals surface area contributed by atoms with Gasteiger partial charge in [0.25, 0.3) is 0 Å². The van der Waals surface area contributed by atoms with Crippen LogP contribution in [-0.4, -0.2) is 59.2 Å². The van der Waals surface area contributed by atoms with Crippen molar-refractivity contribution in [3.05, 3.63) is 0 Å². The predicted octanol–water partition coefficient (Wildman–Crippen LogP) is 0.365. The molecule has 130 valence electrons. The molecule has 1 saturated heterocycles. The van der Waals surface area contributed by atoms with Crippen molar-refractivity contribution in [2.24, 2.45) is 11.3 Å². The van der Waals surface area contributed by atoms with Crippen molar-refractivity contribution in [2.45, 2.75) is 25.7 Å². The highest BCUT2D eigenvalue weighted by Gasteiger charge is 2.49. The van der Waals surface area contributed by atoms with E-state index in [9.17, 15) is 13.2 Å². The number of halogens is 1. The van der Waals surface area contributed by atoms with Crippen LogP contribution >= 0.6 is 12.4 Å². The molecule has 2 fully saturated rings. The fraction of sp³-hybridized carbons (Fsp3) is 0.929. The molecule has 22 heavy (non-hydrogen) atoms. The van der Waals surface area contributed by atoms with E-state index in [1.165, 1.54) is 12.7 Å². The Kier molecular flexibility index (Phi) is 7.58. The SMILES string of the molecule is CS(=O)(=O)CCOCCNC(=O)[C@@]12CCCC[C@H]1CNC2.Cl. The van der Waals surface area contributed by atoms with E-state index >= 15 is 0 Å². The lowest BCUT2D eigenvalue weighted by Gasteiger charge is -2.37. The van der Waals surface area contributed by atoms with Crippen LogP contribution in [0.25, 0.3) is 0 Å². The molecular weight excluding hydrogens is 328 g/mol. The van der Waals surface area contributed by atoms with E-state index in [1.54, 1.807) is 0 Å². The molecule has 1 aliphatic heterocycles. The molecule has 0 aromatic heterocycles. The van der Waals surface area contributed by atoms with Crippen LogP contribution in [0.4, 0.5) is 0 Å². The summed E-state index contributed by atoms with van der Waals surface area (Å²) in [5.74, 6) is 0.609. The van der Waals surface area contributed by atoms with E-state index < -0.39 is 9.84 Å². The quantitative estimate of drug-likeness (QED) is 0.645. The van der Waals surface area contributed by atoms with Crippen molar-refractivity contribution >= 4 is 28.2 Å². The summed E-state index contributed by atoms with van der Waals surface area (Å²) in [6.07, 6.45) is 5.62. The number of sulfone groups is 1. The van der Waals surface area contributed by atoms with Crippen LogP contribution in [0.1, 0.15) is 25.7 Å². The van der Waals surface area contributed by atoms with Gasteiger partial charge in [0.05, 0.1) is 24.4 Å². The standard InChI is InChI=1S/C14H26N2O4S.ClH/c1-21(18,19)9-8-20-7-6-16-13(17)14-5-3-2-4-12(14)10-15-11-14;/h12,15H,2-11H2,1H3,(H,16,17);1H/t12-,14+;/m0./s1. The van der Waals surface area contributed by atoms with E-state index in [-0.39, 0.29) is 36.1 Å². The van der Waals surface area contributed by atoms with Crippen molar-refractivity contribution in [2.75, 3.05) is 44.9 Å². The summed E-state index contributed by atoms with van der Waals surface area (Å²) < 4.78 is 27.1. The molecule has 1 heterocycles. The molecule has 0 bridgehead atoms. The molecule has 1 aliphatic carbocycles. The van der Waals surface area contributed by atoms with Crippen molar-refractivity contribution in [3.8, 4) is 0 Å². The molecule has 2 atom stereocenters. The molecule has 2 rings (SSSR count). The van der Waals surface area contributed by atoms with Gasteiger partial charge in [-0.1, -0.05) is 12.8 Å². The summed E-state index contributed by atoms with van der Waals surface area (Å²) >= 11 is 0. The molecule has 2 N–H and O–H groups in total. The molecule has 0 unspecified atom stereocenters. The van der Waals surface area contributed by atoms with E-state index in [0.29, 0.717) is 19.1 Å². The Hall–Kier alpha value is -0.370. The minimum Gasteiger partial charge on any atom is -0.379 e. The van der Waals surface area contributed by atoms with Gasteiger partial charge in [-0.05, 0) is 25.3 Å². The van der Waals surface area contributed by atoms with E-state index in [4.69, 9.17) is 4.74 Å². The summed E-state index contributed by atoms with van der Waals surface area (Å²) in [6, 6.07) is 0. The number of fused-ring (bicyclic) bond motifs is 1. The zero-order valence-corrected chi connectivity index (χ0v) is 14.7. The van der Waals surface area contributed by atoms with Gasteiger partial charge in [0.1, 0.15) is 9.84 Å². The van der Waals surface area contributed by atoms with Crippen LogP contribution in [0.15, 0.2) is 0 Å². The number of carbonyl (C=O) groups excluding carboxylic acids is 1. The largest absolute Gasteiger partial charge is 0.379 e. The van der Waals surface area contributed by atoms with Crippen molar-refractivity contribution in [1.82, 2.24) is 10.6 Å². The second-order valence-electron chi connectivity index (χ2n) is 6.23. The summed E-state index contributed by atoms with van der Waals surface area (Å²) in [6.45, 7) is 2.70. The lowest BCUT2D eigenvalue weighted by atomic mass is 9.67. The number of rotatable bonds is 7. The minimum atomic E-state index is -2.98. The van der Waals surface area contributed by atoms with Gasteiger partial charge >= 0.3 is 0 Å². The van der Waals surface area contributed by atoms with E-state index in [0.717, 1.165) is 32.4 Å². The number of carbonyl (C=O) groups is 1. The molecule has 0 radical (unpaired) electrons. The third-order valence-corrected chi connectivity index (χ3v) is 5.53. The number of nitrogens with one attached hydrogen (secondary N) is 2. The van der Waals surface area contributed by atoms with Gasteiger partial charge in [0.15, 0.2) is 0 Å². The molecule has 0 spiro atoms. The third-order valence-electron chi connectivity index (χ3n) is 4.62.